The van der Waals surface area contributed by atoms with Gasteiger partial charge in [-0.25, -0.2) is 0 Å². The van der Waals surface area contributed by atoms with E-state index in [0.29, 0.717) is 42.1 Å². The Kier molecular flexibility index (Phi) is 7.00. The quantitative estimate of drug-likeness (QED) is 0.385. The van der Waals surface area contributed by atoms with Gasteiger partial charge in [0.15, 0.2) is 0 Å². The first-order valence-electron chi connectivity index (χ1n) is 10.9. The molecule has 0 bridgehead atoms. The Morgan fingerprint density at radius 3 is 2.33 bits per heavy atom. The highest BCUT2D eigenvalue weighted by Gasteiger charge is 2.19. The van der Waals surface area contributed by atoms with E-state index >= 15 is 0 Å². The molecule has 0 atom stereocenters. The second kappa shape index (κ2) is 10.3. The van der Waals surface area contributed by atoms with Crippen molar-refractivity contribution in [1.29, 1.82) is 0 Å². The van der Waals surface area contributed by atoms with Crippen molar-refractivity contribution in [1.82, 2.24) is 14.7 Å². The molecule has 2 heterocycles. The highest BCUT2D eigenvalue weighted by molar-refractivity contribution is 7.13. The summed E-state index contributed by atoms with van der Waals surface area (Å²) in [7, 11) is 0. The van der Waals surface area contributed by atoms with E-state index < -0.39 is 0 Å². The van der Waals surface area contributed by atoms with Crippen LogP contribution < -0.4 is 5.32 Å². The normalized spacial score (nSPS) is 10.7. The number of nitrogens with one attached hydrogen (secondary N) is 1. The Bertz CT molecular complexity index is 1210. The highest BCUT2D eigenvalue weighted by Crippen LogP contribution is 2.27. The predicted molar refractivity (Wildman–Crippen MR) is 133 cm³/mol. The lowest BCUT2D eigenvalue weighted by Crippen LogP contribution is -2.30. The van der Waals surface area contributed by atoms with Crippen LogP contribution in [0.25, 0.3) is 10.6 Å². The molecule has 2 amide bonds. The molecule has 0 aliphatic heterocycles. The molecule has 4 aromatic rings. The number of hydrogen-bond donors (Lipinski definition) is 1. The maximum atomic E-state index is 13.2. The molecule has 1 N–H and O–H groups in total. The van der Waals surface area contributed by atoms with Crippen LogP contribution >= 0.6 is 11.3 Å². The largest absolute Gasteiger partial charge is 0.339 e. The standard InChI is InChI=1S/C26H26N4O2S/c1-3-29(4-2)26(32)20-12-14-21(15-13-20)27-25(31)22-18-30(17-19-9-6-5-7-10-19)28-24(22)23-11-8-16-33-23/h5-16,18H,3-4,17H2,1-2H3,(H,27,31). The van der Waals surface area contributed by atoms with E-state index in [2.05, 4.69) is 5.32 Å². The Labute approximate surface area is 197 Å². The average molecular weight is 459 g/mol. The van der Waals surface area contributed by atoms with Crippen LogP contribution in [0.15, 0.2) is 78.3 Å². The number of nitrogens with zero attached hydrogens (tertiary/aromatic N) is 3. The van der Waals surface area contributed by atoms with Crippen molar-refractivity contribution in [3.8, 4) is 10.6 Å². The first-order chi connectivity index (χ1) is 16.1. The molecule has 2 aromatic heterocycles. The third-order valence-corrected chi connectivity index (χ3v) is 6.27. The fraction of sp³-hybridized carbons (Fsp3) is 0.192. The molecule has 0 spiro atoms. The molecule has 0 aliphatic rings. The highest BCUT2D eigenvalue weighted by atomic mass is 32.1. The van der Waals surface area contributed by atoms with Gasteiger partial charge in [0.2, 0.25) is 0 Å². The number of amides is 2. The summed E-state index contributed by atoms with van der Waals surface area (Å²) < 4.78 is 1.80. The second-order valence-electron chi connectivity index (χ2n) is 7.56. The van der Waals surface area contributed by atoms with E-state index in [9.17, 15) is 9.59 Å². The molecule has 0 unspecified atom stereocenters. The lowest BCUT2D eigenvalue weighted by molar-refractivity contribution is 0.0773. The van der Waals surface area contributed by atoms with Crippen LogP contribution in [0.1, 0.15) is 40.1 Å². The molecule has 2 aromatic carbocycles. The van der Waals surface area contributed by atoms with E-state index in [1.807, 2.05) is 61.7 Å². The molecule has 33 heavy (non-hydrogen) atoms. The van der Waals surface area contributed by atoms with Gasteiger partial charge >= 0.3 is 0 Å². The number of thiophene rings is 1. The number of benzene rings is 2. The van der Waals surface area contributed by atoms with Gasteiger partial charge in [-0.1, -0.05) is 36.4 Å². The number of carbonyl (C=O) groups is 2. The third-order valence-electron chi connectivity index (χ3n) is 5.39. The van der Waals surface area contributed by atoms with Gasteiger partial charge < -0.3 is 10.2 Å². The lowest BCUT2D eigenvalue weighted by Gasteiger charge is -2.18. The van der Waals surface area contributed by atoms with Crippen LogP contribution in [0.3, 0.4) is 0 Å². The summed E-state index contributed by atoms with van der Waals surface area (Å²) >= 11 is 1.55. The first kappa shape index (κ1) is 22.5. The molecule has 4 rings (SSSR count). The number of carbonyl (C=O) groups excluding carboxylic acids is 2. The summed E-state index contributed by atoms with van der Waals surface area (Å²) in [5.41, 5.74) is 3.51. The summed E-state index contributed by atoms with van der Waals surface area (Å²) in [6.45, 7) is 5.81. The zero-order valence-electron chi connectivity index (χ0n) is 18.7. The van der Waals surface area contributed by atoms with Crippen molar-refractivity contribution in [3.63, 3.8) is 0 Å². The van der Waals surface area contributed by atoms with Crippen molar-refractivity contribution in [2.75, 3.05) is 18.4 Å². The average Bonchev–Trinajstić information content (AvgIpc) is 3.51. The van der Waals surface area contributed by atoms with Crippen LogP contribution in [-0.2, 0) is 6.54 Å². The fourth-order valence-electron chi connectivity index (χ4n) is 3.62. The molecule has 6 nitrogen and oxygen atoms in total. The smallest absolute Gasteiger partial charge is 0.259 e. The summed E-state index contributed by atoms with van der Waals surface area (Å²) in [6, 6.07) is 20.9. The van der Waals surface area contributed by atoms with E-state index in [-0.39, 0.29) is 11.8 Å². The minimum absolute atomic E-state index is 0.0138. The minimum Gasteiger partial charge on any atom is -0.339 e. The SMILES string of the molecule is CCN(CC)C(=O)c1ccc(NC(=O)c2cn(Cc3ccccc3)nc2-c2cccs2)cc1. The van der Waals surface area contributed by atoms with Gasteiger partial charge in [-0.15, -0.1) is 11.3 Å². The topological polar surface area (TPSA) is 67.2 Å². The number of rotatable bonds is 8. The molecule has 0 saturated heterocycles. The third kappa shape index (κ3) is 5.21. The monoisotopic (exact) mass is 458 g/mol. The van der Waals surface area contributed by atoms with Crippen molar-refractivity contribution in [3.05, 3.63) is 95.0 Å². The van der Waals surface area contributed by atoms with E-state index in [4.69, 9.17) is 5.10 Å². The summed E-state index contributed by atoms with van der Waals surface area (Å²) in [6.07, 6.45) is 1.79. The summed E-state index contributed by atoms with van der Waals surface area (Å²) in [5.74, 6) is -0.249. The molecular weight excluding hydrogens is 432 g/mol. The van der Waals surface area contributed by atoms with Gasteiger partial charge in [-0.05, 0) is 55.1 Å². The van der Waals surface area contributed by atoms with Gasteiger partial charge in [0.1, 0.15) is 5.69 Å². The van der Waals surface area contributed by atoms with Gasteiger partial charge in [0, 0.05) is 30.5 Å². The molecule has 7 heteroatoms. The van der Waals surface area contributed by atoms with E-state index in [1.54, 1.807) is 51.4 Å². The van der Waals surface area contributed by atoms with E-state index in [1.165, 1.54) is 0 Å². The van der Waals surface area contributed by atoms with Gasteiger partial charge in [0.25, 0.3) is 11.8 Å². The molecule has 0 aliphatic carbocycles. The van der Waals surface area contributed by atoms with Crippen LogP contribution in [0.2, 0.25) is 0 Å². The van der Waals surface area contributed by atoms with Crippen molar-refractivity contribution >= 4 is 28.8 Å². The van der Waals surface area contributed by atoms with E-state index in [0.717, 1.165) is 10.4 Å². The first-order valence-corrected chi connectivity index (χ1v) is 11.8. The van der Waals surface area contributed by atoms with Crippen LogP contribution in [0.4, 0.5) is 5.69 Å². The molecule has 0 fully saturated rings. The Morgan fingerprint density at radius 2 is 1.70 bits per heavy atom. The van der Waals surface area contributed by atoms with Crippen LogP contribution in [-0.4, -0.2) is 39.6 Å². The summed E-state index contributed by atoms with van der Waals surface area (Å²) in [5, 5.41) is 9.62. The minimum atomic E-state index is -0.236. The molecule has 168 valence electrons. The molecular formula is C26H26N4O2S. The number of aromatic nitrogens is 2. The number of anilines is 1. The lowest BCUT2D eigenvalue weighted by atomic mass is 10.1. The zero-order chi connectivity index (χ0) is 23.2. The predicted octanol–water partition coefficient (Wildman–Crippen LogP) is 5.39. The van der Waals surface area contributed by atoms with Crippen molar-refractivity contribution in [2.45, 2.75) is 20.4 Å². The maximum absolute atomic E-state index is 13.2. The number of hydrogen-bond acceptors (Lipinski definition) is 4. The molecule has 0 radical (unpaired) electrons. The Morgan fingerprint density at radius 1 is 0.970 bits per heavy atom. The molecule has 0 saturated carbocycles. The maximum Gasteiger partial charge on any atom is 0.259 e. The van der Waals surface area contributed by atoms with Gasteiger partial charge in [-0.3, -0.25) is 14.3 Å². The van der Waals surface area contributed by atoms with Gasteiger partial charge in [-0.2, -0.15) is 5.10 Å². The van der Waals surface area contributed by atoms with Crippen LogP contribution in [0, 0.1) is 0 Å². The fourth-order valence-corrected chi connectivity index (χ4v) is 4.35. The van der Waals surface area contributed by atoms with Crippen LogP contribution in [0.5, 0.6) is 0 Å². The van der Waals surface area contributed by atoms with Gasteiger partial charge in [0.05, 0.1) is 17.0 Å². The Hall–Kier alpha value is -3.71. The summed E-state index contributed by atoms with van der Waals surface area (Å²) in [4.78, 5) is 28.4. The van der Waals surface area contributed by atoms with Crippen molar-refractivity contribution < 1.29 is 9.59 Å². The second-order valence-corrected chi connectivity index (χ2v) is 8.51. The zero-order valence-corrected chi connectivity index (χ0v) is 19.5. The Balaban J connectivity index is 1.55. The van der Waals surface area contributed by atoms with Crippen molar-refractivity contribution in [2.24, 2.45) is 0 Å².